The summed E-state index contributed by atoms with van der Waals surface area (Å²) in [5.41, 5.74) is -0.101. The van der Waals surface area contributed by atoms with E-state index < -0.39 is 29.4 Å². The Labute approximate surface area is 231 Å². The number of aliphatic hydroxyl groups is 1. The highest BCUT2D eigenvalue weighted by Gasteiger charge is 2.63. The van der Waals surface area contributed by atoms with Gasteiger partial charge in [0.2, 0.25) is 0 Å². The molecule has 2 N–H and O–H groups in total. The largest absolute Gasteiger partial charge is 0.481 e. The molecule has 0 aromatic heterocycles. The third-order valence-corrected chi connectivity index (χ3v) is 11.7. The van der Waals surface area contributed by atoms with Crippen molar-refractivity contribution in [3.05, 3.63) is 0 Å². The maximum Gasteiger partial charge on any atom is 0.308 e. The molecule has 4 aliphatic rings. The molecule has 0 spiro atoms. The number of carbonyl (C=O) groups is 2. The van der Waals surface area contributed by atoms with Crippen molar-refractivity contribution >= 4 is 11.9 Å². The molecule has 0 aromatic rings. The monoisotopic (exact) mass is 533 g/mol. The number of unbranched alkanes of at least 4 members (excludes halogenated alkanes) is 2. The first-order chi connectivity index (χ1) is 18.2. The molecule has 0 aliphatic heterocycles. The highest BCUT2D eigenvalue weighted by Crippen LogP contribution is 2.67. The minimum atomic E-state index is -0.740. The molecule has 9 atom stereocenters. The Morgan fingerprint density at radius 1 is 0.974 bits per heavy atom. The van der Waals surface area contributed by atoms with Crippen LogP contribution >= 0.6 is 0 Å². The molecule has 4 saturated carbocycles. The maximum absolute atomic E-state index is 12.4. The predicted octanol–water partition coefficient (Wildman–Crippen LogP) is 6.29. The summed E-state index contributed by atoms with van der Waals surface area (Å²) in [6, 6.07) is 0.724. The Morgan fingerprint density at radius 3 is 2.32 bits per heavy atom. The average Bonchev–Trinajstić information content (AvgIpc) is 3.27. The third kappa shape index (κ3) is 5.82. The summed E-state index contributed by atoms with van der Waals surface area (Å²) in [4.78, 5) is 27.6. The number of nitrogens with zero attached hydrogens (tertiary/aromatic N) is 1. The molecule has 218 valence electrons. The zero-order valence-corrected chi connectivity index (χ0v) is 24.6. The van der Waals surface area contributed by atoms with E-state index in [1.165, 1.54) is 70.9 Å². The van der Waals surface area contributed by atoms with E-state index in [-0.39, 0.29) is 13.0 Å². The van der Waals surface area contributed by atoms with Crippen LogP contribution in [0.1, 0.15) is 118 Å². The van der Waals surface area contributed by atoms with Gasteiger partial charge in [-0.3, -0.25) is 9.59 Å². The van der Waals surface area contributed by atoms with Crippen LogP contribution < -0.4 is 0 Å². The van der Waals surface area contributed by atoms with E-state index in [0.29, 0.717) is 29.6 Å². The number of hydrogen-bond acceptors (Lipinski definition) is 5. The topological polar surface area (TPSA) is 87.1 Å². The van der Waals surface area contributed by atoms with Crippen LogP contribution in [-0.2, 0) is 14.3 Å². The van der Waals surface area contributed by atoms with E-state index in [0.717, 1.165) is 31.2 Å². The molecule has 6 nitrogen and oxygen atoms in total. The number of fused-ring (bicyclic) bond motifs is 5. The molecule has 0 heterocycles. The number of aliphatic carboxylic acids is 1. The smallest absolute Gasteiger partial charge is 0.308 e. The SMILES string of the molecule is CCCCN(CCCC)C1CC[C@@]2(C)C(CC[C@H]3[C@@H]4CCC(C(=O)O)[C@@]4(COC(=O)CC(C)O)CC[C@@H]32)C1. The van der Waals surface area contributed by atoms with E-state index >= 15 is 0 Å². The molecule has 0 aromatic carbocycles. The van der Waals surface area contributed by atoms with Gasteiger partial charge in [-0.25, -0.2) is 0 Å². The molecule has 38 heavy (non-hydrogen) atoms. The van der Waals surface area contributed by atoms with Crippen molar-refractivity contribution < 1.29 is 24.5 Å². The summed E-state index contributed by atoms with van der Waals surface area (Å²) in [6.45, 7) is 11.4. The van der Waals surface area contributed by atoms with Gasteiger partial charge < -0.3 is 19.8 Å². The lowest BCUT2D eigenvalue weighted by Gasteiger charge is -2.61. The van der Waals surface area contributed by atoms with Crippen molar-refractivity contribution in [2.45, 2.75) is 130 Å². The number of carbonyl (C=O) groups excluding carboxylic acids is 1. The molecule has 4 fully saturated rings. The molecule has 0 amide bonds. The summed E-state index contributed by atoms with van der Waals surface area (Å²) in [5.74, 6) is 0.718. The Kier molecular flexibility index (Phi) is 9.88. The zero-order valence-electron chi connectivity index (χ0n) is 24.6. The van der Waals surface area contributed by atoms with Crippen molar-refractivity contribution in [3.63, 3.8) is 0 Å². The van der Waals surface area contributed by atoms with E-state index in [1.54, 1.807) is 6.92 Å². The van der Waals surface area contributed by atoms with Gasteiger partial charge in [-0.2, -0.15) is 0 Å². The fourth-order valence-electron chi connectivity index (χ4n) is 9.74. The summed E-state index contributed by atoms with van der Waals surface area (Å²) in [6.07, 6.45) is 14.3. The van der Waals surface area contributed by atoms with Crippen LogP contribution in [0.2, 0.25) is 0 Å². The molecule has 4 aliphatic carbocycles. The summed E-state index contributed by atoms with van der Waals surface area (Å²) in [5, 5.41) is 19.8. The van der Waals surface area contributed by atoms with Gasteiger partial charge in [0.1, 0.15) is 0 Å². The van der Waals surface area contributed by atoms with Crippen LogP contribution in [0.5, 0.6) is 0 Å². The van der Waals surface area contributed by atoms with Crippen LogP contribution in [0.15, 0.2) is 0 Å². The fourth-order valence-corrected chi connectivity index (χ4v) is 9.74. The second kappa shape index (κ2) is 12.6. The second-order valence-corrected chi connectivity index (χ2v) is 13.8. The minimum absolute atomic E-state index is 0.0288. The van der Waals surface area contributed by atoms with Gasteiger partial charge >= 0.3 is 11.9 Å². The number of ether oxygens (including phenoxy) is 1. The summed E-state index contributed by atoms with van der Waals surface area (Å²) in [7, 11) is 0. The maximum atomic E-state index is 12.4. The van der Waals surface area contributed by atoms with Gasteiger partial charge in [0, 0.05) is 11.5 Å². The average molecular weight is 534 g/mol. The molecular weight excluding hydrogens is 478 g/mol. The number of esters is 1. The normalized spacial score (nSPS) is 39.2. The quantitative estimate of drug-likeness (QED) is 0.287. The van der Waals surface area contributed by atoms with Crippen molar-refractivity contribution in [1.29, 1.82) is 0 Å². The van der Waals surface area contributed by atoms with E-state index in [1.807, 2.05) is 0 Å². The molecule has 0 saturated heterocycles. The molecular formula is C32H55NO5. The lowest BCUT2D eigenvalue weighted by atomic mass is 9.44. The Balaban J connectivity index is 1.49. The minimum Gasteiger partial charge on any atom is -0.481 e. The van der Waals surface area contributed by atoms with Gasteiger partial charge in [-0.05, 0) is 120 Å². The highest BCUT2D eigenvalue weighted by atomic mass is 16.5. The van der Waals surface area contributed by atoms with Gasteiger partial charge in [-0.1, -0.05) is 33.6 Å². The Morgan fingerprint density at radius 2 is 1.68 bits per heavy atom. The van der Waals surface area contributed by atoms with Crippen LogP contribution in [0.25, 0.3) is 0 Å². The number of carboxylic acids is 1. The van der Waals surface area contributed by atoms with Crippen LogP contribution in [0.3, 0.4) is 0 Å². The van der Waals surface area contributed by atoms with Crippen LogP contribution in [0, 0.1) is 40.4 Å². The number of aliphatic hydroxyl groups excluding tert-OH is 1. The third-order valence-electron chi connectivity index (χ3n) is 11.7. The van der Waals surface area contributed by atoms with Crippen molar-refractivity contribution in [2.24, 2.45) is 40.4 Å². The second-order valence-electron chi connectivity index (χ2n) is 13.8. The molecule has 6 heteroatoms. The standard InChI is InChI=1S/C32H55NO5/c1-5-7-17-33(18-8-6-2)24-13-15-31(4)23(20-24)9-10-25-26(31)14-16-32(21-38-29(35)19-22(3)34)27(25)11-12-28(32)30(36)37/h22-28,34H,5-21H2,1-4H3,(H,36,37)/t22?,23?,24?,25-,26+,27+,28?,31+,32-/m1/s1. The number of carboxylic acid groups (broad SMARTS) is 1. The van der Waals surface area contributed by atoms with E-state index in [2.05, 4.69) is 25.7 Å². The lowest BCUT2D eigenvalue weighted by Crippen LogP contribution is -2.57. The Bertz CT molecular complexity index is 808. The highest BCUT2D eigenvalue weighted by molar-refractivity contribution is 5.72. The summed E-state index contributed by atoms with van der Waals surface area (Å²) < 4.78 is 5.73. The van der Waals surface area contributed by atoms with Crippen LogP contribution in [0.4, 0.5) is 0 Å². The first-order valence-corrected chi connectivity index (χ1v) is 16.0. The lowest BCUT2D eigenvalue weighted by molar-refractivity contribution is -0.172. The van der Waals surface area contributed by atoms with Gasteiger partial charge in [0.15, 0.2) is 0 Å². The molecule has 4 rings (SSSR count). The van der Waals surface area contributed by atoms with Crippen LogP contribution in [-0.4, -0.2) is 58.9 Å². The van der Waals surface area contributed by atoms with Crippen molar-refractivity contribution in [1.82, 2.24) is 4.90 Å². The Hall–Kier alpha value is -1.14. The van der Waals surface area contributed by atoms with Gasteiger partial charge in [0.05, 0.1) is 25.0 Å². The number of rotatable bonds is 12. The molecule has 0 bridgehead atoms. The molecule has 4 unspecified atom stereocenters. The van der Waals surface area contributed by atoms with Crippen molar-refractivity contribution in [2.75, 3.05) is 19.7 Å². The number of hydrogen-bond donors (Lipinski definition) is 2. The first-order valence-electron chi connectivity index (χ1n) is 16.0. The predicted molar refractivity (Wildman–Crippen MR) is 150 cm³/mol. The molecule has 0 radical (unpaired) electrons. The first kappa shape index (κ1) is 29.8. The zero-order chi connectivity index (χ0) is 27.5. The van der Waals surface area contributed by atoms with Crippen molar-refractivity contribution in [3.8, 4) is 0 Å². The van der Waals surface area contributed by atoms with Gasteiger partial charge in [0.25, 0.3) is 0 Å². The van der Waals surface area contributed by atoms with Gasteiger partial charge in [-0.15, -0.1) is 0 Å². The summed E-state index contributed by atoms with van der Waals surface area (Å²) >= 11 is 0. The van der Waals surface area contributed by atoms with E-state index in [9.17, 15) is 19.8 Å². The fraction of sp³-hybridized carbons (Fsp3) is 0.938. The van der Waals surface area contributed by atoms with E-state index in [4.69, 9.17) is 4.74 Å².